The monoisotopic (exact) mass is 299 g/mol. The van der Waals surface area contributed by atoms with Crippen molar-refractivity contribution < 1.29 is 9.32 Å². The number of carbonyl (C=O) groups is 1. The van der Waals surface area contributed by atoms with E-state index in [-0.39, 0.29) is 11.9 Å². The van der Waals surface area contributed by atoms with E-state index in [4.69, 9.17) is 4.52 Å². The number of hydrogen-bond donors (Lipinski definition) is 1. The first-order valence-corrected chi connectivity index (χ1v) is 7.52. The Morgan fingerprint density at radius 2 is 2.18 bits per heavy atom. The molecule has 0 saturated carbocycles. The zero-order valence-electron chi connectivity index (χ0n) is 12.3. The van der Waals surface area contributed by atoms with Crippen LogP contribution in [0.1, 0.15) is 25.1 Å². The molecule has 2 aromatic rings. The van der Waals surface area contributed by atoms with Crippen LogP contribution in [0, 0.1) is 6.92 Å². The predicted octanol–water partition coefficient (Wildman–Crippen LogP) is 1.30. The van der Waals surface area contributed by atoms with Crippen molar-refractivity contribution in [2.24, 2.45) is 0 Å². The van der Waals surface area contributed by atoms with Crippen molar-refractivity contribution in [1.82, 2.24) is 20.4 Å². The van der Waals surface area contributed by atoms with Crippen molar-refractivity contribution in [1.29, 1.82) is 0 Å². The van der Waals surface area contributed by atoms with Crippen molar-refractivity contribution in [3.8, 4) is 11.5 Å². The summed E-state index contributed by atoms with van der Waals surface area (Å²) in [5, 5.41) is 6.76. The van der Waals surface area contributed by atoms with Crippen LogP contribution in [0.5, 0.6) is 0 Å². The summed E-state index contributed by atoms with van der Waals surface area (Å²) in [4.78, 5) is 22.7. The first-order valence-electron chi connectivity index (χ1n) is 7.52. The van der Waals surface area contributed by atoms with E-state index in [1.54, 1.807) is 13.1 Å². The maximum absolute atomic E-state index is 11.7. The van der Waals surface area contributed by atoms with Crippen LogP contribution in [0.25, 0.3) is 11.5 Å². The van der Waals surface area contributed by atoms with Gasteiger partial charge in [-0.05, 0) is 31.9 Å². The normalized spacial score (nSPS) is 24.2. The molecule has 2 aromatic heterocycles. The minimum Gasteiger partial charge on any atom is -0.354 e. The topological polar surface area (TPSA) is 84.2 Å². The quantitative estimate of drug-likeness (QED) is 0.899. The van der Waals surface area contributed by atoms with Crippen LogP contribution in [-0.2, 0) is 4.79 Å². The third-order valence-corrected chi connectivity index (χ3v) is 4.36. The van der Waals surface area contributed by atoms with E-state index in [9.17, 15) is 4.79 Å². The minimum absolute atomic E-state index is 0.134. The molecule has 22 heavy (non-hydrogen) atoms. The van der Waals surface area contributed by atoms with Gasteiger partial charge in [0.15, 0.2) is 5.82 Å². The highest BCUT2D eigenvalue weighted by Crippen LogP contribution is 2.33. The Bertz CT molecular complexity index is 696. The van der Waals surface area contributed by atoms with Crippen LogP contribution in [0.2, 0.25) is 0 Å². The van der Waals surface area contributed by atoms with Crippen LogP contribution in [-0.4, -0.2) is 39.7 Å². The number of rotatable bonds is 2. The third-order valence-electron chi connectivity index (χ3n) is 4.36. The van der Waals surface area contributed by atoms with Gasteiger partial charge in [0, 0.05) is 31.2 Å². The van der Waals surface area contributed by atoms with Crippen LogP contribution >= 0.6 is 0 Å². The highest BCUT2D eigenvalue weighted by Gasteiger charge is 2.38. The van der Waals surface area contributed by atoms with Gasteiger partial charge in [0.25, 0.3) is 5.89 Å². The lowest BCUT2D eigenvalue weighted by Crippen LogP contribution is -2.38. The molecular formula is C15H17N5O2. The molecule has 2 fully saturated rings. The van der Waals surface area contributed by atoms with Gasteiger partial charge in [-0.1, -0.05) is 5.16 Å². The first-order chi connectivity index (χ1) is 10.7. The molecule has 0 aromatic carbocycles. The van der Waals surface area contributed by atoms with Crippen LogP contribution in [0.15, 0.2) is 22.9 Å². The van der Waals surface area contributed by atoms with Crippen molar-refractivity contribution in [2.45, 2.75) is 38.3 Å². The van der Waals surface area contributed by atoms with E-state index in [0.717, 1.165) is 24.2 Å². The van der Waals surface area contributed by atoms with E-state index >= 15 is 0 Å². The van der Waals surface area contributed by atoms with Gasteiger partial charge < -0.3 is 14.7 Å². The number of fused-ring (bicyclic) bond motifs is 2. The number of carbonyl (C=O) groups excluding carboxylic acids is 1. The largest absolute Gasteiger partial charge is 0.354 e. The molecule has 1 amide bonds. The lowest BCUT2D eigenvalue weighted by atomic mass is 10.1. The van der Waals surface area contributed by atoms with Gasteiger partial charge >= 0.3 is 0 Å². The van der Waals surface area contributed by atoms with Crippen LogP contribution < -0.4 is 10.2 Å². The molecular weight excluding hydrogens is 282 g/mol. The molecule has 2 aliphatic heterocycles. The van der Waals surface area contributed by atoms with E-state index in [0.29, 0.717) is 30.7 Å². The summed E-state index contributed by atoms with van der Waals surface area (Å²) in [6.07, 6.45) is 4.44. The average Bonchev–Trinajstić information content (AvgIpc) is 3.07. The van der Waals surface area contributed by atoms with Crippen LogP contribution in [0.4, 0.5) is 5.82 Å². The second-order valence-electron chi connectivity index (χ2n) is 5.85. The molecule has 1 N–H and O–H groups in total. The molecule has 0 spiro atoms. The lowest BCUT2D eigenvalue weighted by Gasteiger charge is -2.28. The van der Waals surface area contributed by atoms with Gasteiger partial charge in [-0.15, -0.1) is 0 Å². The van der Waals surface area contributed by atoms with E-state index in [2.05, 4.69) is 25.3 Å². The number of amides is 1. The lowest BCUT2D eigenvalue weighted by molar-refractivity contribution is -0.121. The summed E-state index contributed by atoms with van der Waals surface area (Å²) in [5.41, 5.74) is 0.806. The van der Waals surface area contributed by atoms with Gasteiger partial charge in [-0.2, -0.15) is 4.98 Å². The summed E-state index contributed by atoms with van der Waals surface area (Å²) in [5.74, 6) is 2.13. The Balaban J connectivity index is 1.61. The highest BCUT2D eigenvalue weighted by atomic mass is 16.5. The molecule has 2 aliphatic rings. The Labute approximate surface area is 127 Å². The highest BCUT2D eigenvalue weighted by molar-refractivity contribution is 5.78. The van der Waals surface area contributed by atoms with Gasteiger partial charge in [-0.25, -0.2) is 4.98 Å². The maximum atomic E-state index is 11.7. The van der Waals surface area contributed by atoms with Crippen molar-refractivity contribution in [3.05, 3.63) is 24.2 Å². The SMILES string of the molecule is Cc1noc(-c2ccc(N3[C@@H]4CC[C@H]3CNC(=O)C4)nc2)n1. The smallest absolute Gasteiger partial charge is 0.259 e. The Morgan fingerprint density at radius 3 is 2.91 bits per heavy atom. The summed E-state index contributed by atoms with van der Waals surface area (Å²) < 4.78 is 5.15. The maximum Gasteiger partial charge on any atom is 0.259 e. The number of aryl methyl sites for hydroxylation is 1. The molecule has 7 nitrogen and oxygen atoms in total. The van der Waals surface area contributed by atoms with E-state index in [1.807, 2.05) is 12.1 Å². The summed E-state index contributed by atoms with van der Waals surface area (Å²) in [7, 11) is 0. The summed E-state index contributed by atoms with van der Waals surface area (Å²) in [6.45, 7) is 2.48. The molecule has 4 heterocycles. The zero-order valence-corrected chi connectivity index (χ0v) is 12.3. The third kappa shape index (κ3) is 2.22. The number of nitrogens with zero attached hydrogens (tertiary/aromatic N) is 4. The van der Waals surface area contributed by atoms with Gasteiger partial charge in [0.05, 0.1) is 5.56 Å². The number of pyridine rings is 1. The van der Waals surface area contributed by atoms with Gasteiger partial charge in [0.2, 0.25) is 5.91 Å². The molecule has 2 atom stereocenters. The fourth-order valence-corrected chi connectivity index (χ4v) is 3.33. The number of anilines is 1. The molecule has 0 radical (unpaired) electrons. The first kappa shape index (κ1) is 13.2. The number of aromatic nitrogens is 3. The Morgan fingerprint density at radius 1 is 1.32 bits per heavy atom. The fraction of sp³-hybridized carbons (Fsp3) is 0.467. The second-order valence-corrected chi connectivity index (χ2v) is 5.85. The molecule has 7 heteroatoms. The summed E-state index contributed by atoms with van der Waals surface area (Å²) >= 11 is 0. The summed E-state index contributed by atoms with van der Waals surface area (Å²) in [6, 6.07) is 4.49. The standard InChI is InChI=1S/C15H17N5O2/c1-9-18-15(22-19-9)10-2-5-13(16-7-10)20-11-3-4-12(20)8-17-14(21)6-11/h2,5,7,11-12H,3-4,6,8H2,1H3,(H,17,21)/t11-,12+/m1/s1. The molecule has 2 saturated heterocycles. The van der Waals surface area contributed by atoms with Crippen molar-refractivity contribution in [2.75, 3.05) is 11.4 Å². The average molecular weight is 299 g/mol. The molecule has 0 unspecified atom stereocenters. The number of nitrogens with one attached hydrogen (secondary N) is 1. The minimum atomic E-state index is 0.134. The van der Waals surface area contributed by atoms with E-state index in [1.165, 1.54) is 0 Å². The Kier molecular flexibility index (Phi) is 3.06. The molecule has 4 rings (SSSR count). The van der Waals surface area contributed by atoms with Crippen LogP contribution in [0.3, 0.4) is 0 Å². The Hall–Kier alpha value is -2.44. The van der Waals surface area contributed by atoms with Gasteiger partial charge in [-0.3, -0.25) is 4.79 Å². The fourth-order valence-electron chi connectivity index (χ4n) is 3.33. The zero-order chi connectivity index (χ0) is 15.1. The molecule has 2 bridgehead atoms. The van der Waals surface area contributed by atoms with Gasteiger partial charge in [0.1, 0.15) is 5.82 Å². The predicted molar refractivity (Wildman–Crippen MR) is 79.2 cm³/mol. The van der Waals surface area contributed by atoms with Crippen molar-refractivity contribution >= 4 is 11.7 Å². The van der Waals surface area contributed by atoms with E-state index < -0.39 is 0 Å². The second kappa shape index (κ2) is 5.08. The van der Waals surface area contributed by atoms with Crippen molar-refractivity contribution in [3.63, 3.8) is 0 Å². The molecule has 114 valence electrons. The number of hydrogen-bond acceptors (Lipinski definition) is 6. The molecule has 0 aliphatic carbocycles.